The van der Waals surface area contributed by atoms with Crippen molar-refractivity contribution in [2.24, 2.45) is 0 Å². The zero-order valence-electron chi connectivity index (χ0n) is 20.8. The second-order valence-electron chi connectivity index (χ2n) is 9.60. The fourth-order valence-corrected chi connectivity index (χ4v) is 6.26. The molecule has 0 spiro atoms. The van der Waals surface area contributed by atoms with E-state index in [4.69, 9.17) is 17.0 Å². The number of thiocarbonyl (C=S) groups is 1. The number of hydrogen-bond acceptors (Lipinski definition) is 5. The summed E-state index contributed by atoms with van der Waals surface area (Å²) in [4.78, 5) is 18.2. The average Bonchev–Trinajstić information content (AvgIpc) is 3.39. The molecule has 1 aromatic carbocycles. The Labute approximate surface area is 216 Å². The third-order valence-electron chi connectivity index (χ3n) is 7.51. The number of nitro benzene ring substituents is 1. The van der Waals surface area contributed by atoms with E-state index in [1.165, 1.54) is 25.3 Å². The van der Waals surface area contributed by atoms with Crippen molar-refractivity contribution in [2.75, 3.05) is 7.11 Å². The number of nitrogens with one attached hydrogen (secondary N) is 1. The molecular formula is C27H31N5O3S. The Morgan fingerprint density at radius 1 is 1.14 bits per heavy atom. The van der Waals surface area contributed by atoms with Crippen LogP contribution in [0.5, 0.6) is 5.75 Å². The van der Waals surface area contributed by atoms with Gasteiger partial charge in [-0.05, 0) is 68.7 Å². The predicted molar refractivity (Wildman–Crippen MR) is 143 cm³/mol. The van der Waals surface area contributed by atoms with Gasteiger partial charge in [-0.2, -0.15) is 0 Å². The van der Waals surface area contributed by atoms with Crippen LogP contribution in [0, 0.1) is 24.0 Å². The van der Waals surface area contributed by atoms with E-state index in [9.17, 15) is 10.1 Å². The Morgan fingerprint density at radius 3 is 2.58 bits per heavy atom. The Morgan fingerprint density at radius 2 is 1.92 bits per heavy atom. The summed E-state index contributed by atoms with van der Waals surface area (Å²) in [5, 5.41) is 15.9. The third-order valence-corrected chi connectivity index (χ3v) is 7.84. The first-order valence-electron chi connectivity index (χ1n) is 12.4. The molecule has 8 nitrogen and oxygen atoms in total. The van der Waals surface area contributed by atoms with Crippen LogP contribution in [-0.2, 0) is 0 Å². The fraction of sp³-hybridized carbons (Fsp3) is 0.407. The molecule has 1 aliphatic heterocycles. The van der Waals surface area contributed by atoms with Crippen molar-refractivity contribution in [3.63, 3.8) is 0 Å². The van der Waals surface area contributed by atoms with Gasteiger partial charge in [0.25, 0.3) is 5.69 Å². The van der Waals surface area contributed by atoms with E-state index in [1.54, 1.807) is 19.2 Å². The highest BCUT2D eigenvalue weighted by molar-refractivity contribution is 7.80. The summed E-state index contributed by atoms with van der Waals surface area (Å²) in [6, 6.07) is 13.1. The number of benzene rings is 1. The third kappa shape index (κ3) is 4.21. The molecule has 1 aliphatic carbocycles. The molecule has 1 N–H and O–H groups in total. The minimum atomic E-state index is -0.376. The number of non-ortho nitro benzene ring substituents is 1. The lowest BCUT2D eigenvalue weighted by atomic mass is 9.90. The van der Waals surface area contributed by atoms with Crippen LogP contribution in [0.1, 0.15) is 66.8 Å². The van der Waals surface area contributed by atoms with Crippen LogP contribution >= 0.6 is 12.2 Å². The van der Waals surface area contributed by atoms with Crippen LogP contribution in [0.4, 0.5) is 5.69 Å². The van der Waals surface area contributed by atoms with Gasteiger partial charge in [0.15, 0.2) is 5.11 Å². The van der Waals surface area contributed by atoms with Crippen LogP contribution in [0.25, 0.3) is 5.69 Å². The highest BCUT2D eigenvalue weighted by atomic mass is 32.1. The van der Waals surface area contributed by atoms with Crippen LogP contribution in [0.15, 0.2) is 48.7 Å². The first-order valence-corrected chi connectivity index (χ1v) is 12.8. The quantitative estimate of drug-likeness (QED) is 0.261. The summed E-state index contributed by atoms with van der Waals surface area (Å²) in [7, 11) is 1.58. The number of pyridine rings is 1. The molecule has 9 heteroatoms. The molecule has 36 heavy (non-hydrogen) atoms. The van der Waals surface area contributed by atoms with Gasteiger partial charge in [0, 0.05) is 35.8 Å². The summed E-state index contributed by atoms with van der Waals surface area (Å²) in [5.41, 5.74) is 4.74. The number of aromatic nitrogens is 2. The molecule has 2 aliphatic rings. The molecule has 1 saturated carbocycles. The molecule has 188 valence electrons. The van der Waals surface area contributed by atoms with Gasteiger partial charge in [-0.25, -0.2) is 0 Å². The summed E-state index contributed by atoms with van der Waals surface area (Å²) < 4.78 is 7.66. The van der Waals surface area contributed by atoms with Crippen molar-refractivity contribution < 1.29 is 9.66 Å². The molecule has 2 aromatic heterocycles. The maximum Gasteiger partial charge on any atom is 0.271 e. The molecule has 3 heterocycles. The molecule has 0 radical (unpaired) electrons. The zero-order valence-corrected chi connectivity index (χ0v) is 21.6. The number of rotatable bonds is 6. The monoisotopic (exact) mass is 505 g/mol. The Kier molecular flexibility index (Phi) is 6.66. The van der Waals surface area contributed by atoms with Crippen LogP contribution in [0.3, 0.4) is 0 Å². The van der Waals surface area contributed by atoms with E-state index in [0.29, 0.717) is 17.5 Å². The molecule has 0 amide bonds. The summed E-state index contributed by atoms with van der Waals surface area (Å²) in [6.45, 7) is 4.09. The number of aryl methyl sites for hydroxylation is 1. The maximum absolute atomic E-state index is 11.5. The van der Waals surface area contributed by atoms with Crippen LogP contribution < -0.4 is 10.1 Å². The summed E-state index contributed by atoms with van der Waals surface area (Å²) in [6.07, 6.45) is 7.72. The van der Waals surface area contributed by atoms with E-state index in [2.05, 4.69) is 32.8 Å². The Hall–Kier alpha value is -3.46. The van der Waals surface area contributed by atoms with Gasteiger partial charge in [0.05, 0.1) is 35.5 Å². The molecule has 2 unspecified atom stereocenters. The SMILES string of the molecule is COc1ccc([N+](=O)[O-])cc1-n1c(C)cc(C2C(c3ccccn3)NC(=S)N2C2CCCCC2)c1C. The lowest BCUT2D eigenvalue weighted by Gasteiger charge is -2.37. The van der Waals surface area contributed by atoms with Gasteiger partial charge in [0.2, 0.25) is 0 Å². The molecule has 2 atom stereocenters. The Bertz CT molecular complexity index is 1290. The van der Waals surface area contributed by atoms with Crippen molar-refractivity contribution in [3.8, 4) is 11.4 Å². The molecule has 0 bridgehead atoms. The second kappa shape index (κ2) is 9.89. The van der Waals surface area contributed by atoms with Gasteiger partial charge >= 0.3 is 0 Å². The summed E-state index contributed by atoms with van der Waals surface area (Å²) in [5.74, 6) is 0.583. The van der Waals surface area contributed by atoms with Crippen molar-refractivity contribution >= 4 is 23.0 Å². The van der Waals surface area contributed by atoms with E-state index < -0.39 is 0 Å². The van der Waals surface area contributed by atoms with Gasteiger partial charge < -0.3 is 19.5 Å². The largest absolute Gasteiger partial charge is 0.495 e. The van der Waals surface area contributed by atoms with Gasteiger partial charge in [-0.15, -0.1) is 0 Å². The summed E-state index contributed by atoms with van der Waals surface area (Å²) >= 11 is 5.92. The van der Waals surface area contributed by atoms with Crippen molar-refractivity contribution in [1.29, 1.82) is 0 Å². The van der Waals surface area contributed by atoms with Gasteiger partial charge in [0.1, 0.15) is 5.75 Å². The van der Waals surface area contributed by atoms with Gasteiger partial charge in [-0.3, -0.25) is 15.1 Å². The second-order valence-corrected chi connectivity index (χ2v) is 9.99. The standard InChI is InChI=1S/C27H31N5O3S/c1-17-15-21(18(2)30(17)23-16-20(32(33)34)12-13-24(23)35-3)26-25(22-11-7-8-14-28-22)29-27(36)31(26)19-9-5-4-6-10-19/h7-8,11-16,19,25-26H,4-6,9-10H2,1-3H3,(H,29,36). The zero-order chi connectivity index (χ0) is 25.4. The van der Waals surface area contributed by atoms with Gasteiger partial charge in [-0.1, -0.05) is 25.3 Å². The van der Waals surface area contributed by atoms with Crippen LogP contribution in [-0.4, -0.2) is 37.6 Å². The number of nitro groups is 1. The van der Waals surface area contributed by atoms with Crippen molar-refractivity contribution in [3.05, 3.63) is 81.4 Å². The number of hydrogen-bond donors (Lipinski definition) is 1. The molecular weight excluding hydrogens is 474 g/mol. The smallest absolute Gasteiger partial charge is 0.271 e. The van der Waals surface area contributed by atoms with E-state index in [1.807, 2.05) is 31.3 Å². The van der Waals surface area contributed by atoms with E-state index in [0.717, 1.165) is 40.6 Å². The minimum absolute atomic E-state index is 0.0266. The van der Waals surface area contributed by atoms with E-state index >= 15 is 0 Å². The molecule has 2 fully saturated rings. The lowest BCUT2D eigenvalue weighted by molar-refractivity contribution is -0.384. The predicted octanol–water partition coefficient (Wildman–Crippen LogP) is 5.71. The minimum Gasteiger partial charge on any atom is -0.495 e. The van der Waals surface area contributed by atoms with Crippen molar-refractivity contribution in [2.45, 2.75) is 64.1 Å². The van der Waals surface area contributed by atoms with Crippen LogP contribution in [0.2, 0.25) is 0 Å². The number of nitrogens with zero attached hydrogens (tertiary/aromatic N) is 4. The lowest BCUT2D eigenvalue weighted by Crippen LogP contribution is -2.40. The number of ether oxygens (including phenoxy) is 1. The highest BCUT2D eigenvalue weighted by Gasteiger charge is 2.44. The van der Waals surface area contributed by atoms with E-state index in [-0.39, 0.29) is 22.7 Å². The molecule has 1 saturated heterocycles. The Balaban J connectivity index is 1.66. The average molecular weight is 506 g/mol. The number of methoxy groups -OCH3 is 1. The first kappa shape index (κ1) is 24.2. The fourth-order valence-electron chi connectivity index (χ4n) is 5.88. The van der Waals surface area contributed by atoms with Crippen molar-refractivity contribution in [1.82, 2.24) is 19.8 Å². The first-order chi connectivity index (χ1) is 17.4. The molecule has 5 rings (SSSR count). The molecule has 3 aromatic rings. The maximum atomic E-state index is 11.5. The normalized spacial score (nSPS) is 20.4. The highest BCUT2D eigenvalue weighted by Crippen LogP contribution is 2.45. The topological polar surface area (TPSA) is 85.5 Å².